The van der Waals surface area contributed by atoms with Gasteiger partial charge in [-0.05, 0) is 42.0 Å². The molecule has 0 amide bonds. The van der Waals surface area contributed by atoms with Crippen LogP contribution in [0.4, 0.5) is 0 Å². The third-order valence-corrected chi connectivity index (χ3v) is 6.20. The molecule has 5 aromatic rings. The Hall–Kier alpha value is -4.80. The lowest BCUT2D eigenvalue weighted by molar-refractivity contribution is 0.337. The summed E-state index contributed by atoms with van der Waals surface area (Å²) in [7, 11) is 0. The average Bonchev–Trinajstić information content (AvgIpc) is 3.51. The Kier molecular flexibility index (Phi) is 8.06. The van der Waals surface area contributed by atoms with Crippen molar-refractivity contribution in [3.63, 3.8) is 0 Å². The van der Waals surface area contributed by atoms with E-state index in [9.17, 15) is 4.79 Å². The largest absolute Gasteiger partial charge is 0.491 e. The highest BCUT2D eigenvalue weighted by Crippen LogP contribution is 2.25. The molecule has 0 aliphatic carbocycles. The van der Waals surface area contributed by atoms with Gasteiger partial charge in [-0.15, -0.1) is 5.10 Å². The summed E-state index contributed by atoms with van der Waals surface area (Å²) in [5.74, 6) is 1.83. The van der Waals surface area contributed by atoms with Crippen LogP contribution in [-0.4, -0.2) is 51.3 Å². The van der Waals surface area contributed by atoms with Crippen LogP contribution >= 0.6 is 0 Å². The highest BCUT2D eigenvalue weighted by atomic mass is 16.5. The van der Waals surface area contributed by atoms with Gasteiger partial charge < -0.3 is 4.74 Å². The minimum Gasteiger partial charge on any atom is -0.491 e. The van der Waals surface area contributed by atoms with Gasteiger partial charge in [0.2, 0.25) is 0 Å². The first-order valence-corrected chi connectivity index (χ1v) is 13.0. The van der Waals surface area contributed by atoms with Crippen molar-refractivity contribution in [2.45, 2.75) is 46.1 Å². The average molecular weight is 524 g/mol. The molecule has 1 aromatic carbocycles. The fourth-order valence-corrected chi connectivity index (χ4v) is 4.28. The topological polar surface area (TPSA) is 126 Å². The summed E-state index contributed by atoms with van der Waals surface area (Å²) in [6.07, 6.45) is 9.02. The van der Waals surface area contributed by atoms with E-state index >= 15 is 0 Å². The van der Waals surface area contributed by atoms with Gasteiger partial charge in [0.05, 0.1) is 36.8 Å². The number of pyridine rings is 1. The lowest BCUT2D eigenvalue weighted by Crippen LogP contribution is -2.29. The van der Waals surface area contributed by atoms with E-state index in [1.807, 2.05) is 49.4 Å². The Bertz CT molecular complexity index is 1580. The number of hydrogen-bond acceptors (Lipinski definition) is 9. The van der Waals surface area contributed by atoms with E-state index in [4.69, 9.17) is 9.72 Å². The van der Waals surface area contributed by atoms with Crippen molar-refractivity contribution >= 4 is 0 Å². The number of unbranched alkanes of at least 4 members (excludes halogenated alkanes) is 1. The van der Waals surface area contributed by atoms with Crippen LogP contribution in [0.5, 0.6) is 5.75 Å². The van der Waals surface area contributed by atoms with E-state index in [2.05, 4.69) is 37.4 Å². The van der Waals surface area contributed by atoms with E-state index in [0.717, 1.165) is 35.5 Å². The highest BCUT2D eigenvalue weighted by molar-refractivity contribution is 5.69. The first kappa shape index (κ1) is 25.8. The molecule has 0 aliphatic heterocycles. The van der Waals surface area contributed by atoms with Crippen LogP contribution in [0.25, 0.3) is 16.9 Å². The van der Waals surface area contributed by atoms with E-state index in [0.29, 0.717) is 49.0 Å². The first-order valence-electron chi connectivity index (χ1n) is 13.0. The molecule has 11 nitrogen and oxygen atoms in total. The van der Waals surface area contributed by atoms with Crippen LogP contribution in [0.1, 0.15) is 49.6 Å². The molecule has 0 fully saturated rings. The van der Waals surface area contributed by atoms with Crippen LogP contribution < -0.4 is 10.3 Å². The summed E-state index contributed by atoms with van der Waals surface area (Å²) in [5, 5.41) is 11.5. The maximum atomic E-state index is 13.6. The van der Waals surface area contributed by atoms with Gasteiger partial charge in [0.15, 0.2) is 5.75 Å². The summed E-state index contributed by atoms with van der Waals surface area (Å²) in [6, 6.07) is 13.6. The number of hydrogen-bond donors (Lipinski definition) is 0. The molecule has 0 saturated heterocycles. The van der Waals surface area contributed by atoms with Crippen molar-refractivity contribution in [1.29, 1.82) is 0 Å². The number of benzene rings is 1. The Morgan fingerprint density at radius 2 is 1.77 bits per heavy atom. The van der Waals surface area contributed by atoms with Crippen molar-refractivity contribution in [3.8, 4) is 22.7 Å². The van der Waals surface area contributed by atoms with Gasteiger partial charge in [-0.25, -0.2) is 15.0 Å². The minimum absolute atomic E-state index is 0.0688. The molecular weight excluding hydrogens is 494 g/mol. The van der Waals surface area contributed by atoms with Crippen molar-refractivity contribution in [1.82, 2.24) is 44.7 Å². The van der Waals surface area contributed by atoms with Crippen molar-refractivity contribution in [2.75, 3.05) is 6.61 Å². The Labute approximate surface area is 225 Å². The SMILES string of the molecule is CCCCn1c(Cc2ncc(OCC)cn2)ncc(Cc2cccc(-c3ccccc3-n3cnnn3)n2)c1=O. The second-order valence-electron chi connectivity index (χ2n) is 8.92. The zero-order chi connectivity index (χ0) is 27.0. The Balaban J connectivity index is 1.43. The second-order valence-corrected chi connectivity index (χ2v) is 8.92. The number of rotatable bonds is 11. The van der Waals surface area contributed by atoms with Gasteiger partial charge in [-0.2, -0.15) is 4.68 Å². The molecule has 0 N–H and O–H groups in total. The standard InChI is InChI=1S/C28H29N9O2/c1-3-5-13-36-27(15-26-29-17-22(18-30-26)39-4-2)31-16-20(28(36)38)14-21-9-8-11-24(33-21)23-10-6-7-12-25(23)37-19-32-34-35-37/h6-12,16-19H,3-5,13-15H2,1-2H3. The maximum absolute atomic E-state index is 13.6. The zero-order valence-electron chi connectivity index (χ0n) is 21.9. The van der Waals surface area contributed by atoms with E-state index in [1.165, 1.54) is 0 Å². The van der Waals surface area contributed by atoms with Crippen molar-refractivity contribution in [3.05, 3.63) is 101 Å². The summed E-state index contributed by atoms with van der Waals surface area (Å²) in [6.45, 7) is 5.13. The highest BCUT2D eigenvalue weighted by Gasteiger charge is 2.15. The van der Waals surface area contributed by atoms with Crippen molar-refractivity contribution < 1.29 is 4.74 Å². The Morgan fingerprint density at radius 3 is 2.54 bits per heavy atom. The fourth-order valence-electron chi connectivity index (χ4n) is 4.28. The summed E-state index contributed by atoms with van der Waals surface area (Å²) in [5.41, 5.74) is 3.75. The maximum Gasteiger partial charge on any atom is 0.257 e. The smallest absolute Gasteiger partial charge is 0.257 e. The van der Waals surface area contributed by atoms with E-state index < -0.39 is 0 Å². The van der Waals surface area contributed by atoms with Gasteiger partial charge in [0.25, 0.3) is 5.56 Å². The molecule has 0 aliphatic rings. The molecule has 198 valence electrons. The predicted octanol–water partition coefficient (Wildman–Crippen LogP) is 3.45. The van der Waals surface area contributed by atoms with Crippen molar-refractivity contribution in [2.24, 2.45) is 0 Å². The number of nitrogens with zero attached hydrogens (tertiary/aromatic N) is 9. The minimum atomic E-state index is -0.0688. The molecule has 0 atom stereocenters. The molecule has 11 heteroatoms. The van der Waals surface area contributed by atoms with Crippen LogP contribution in [-0.2, 0) is 19.4 Å². The van der Waals surface area contributed by atoms with Crippen LogP contribution in [0.2, 0.25) is 0 Å². The molecule has 0 spiro atoms. The normalized spacial score (nSPS) is 11.0. The zero-order valence-corrected chi connectivity index (χ0v) is 21.9. The van der Waals surface area contributed by atoms with Crippen LogP contribution in [0.15, 0.2) is 72.2 Å². The molecule has 39 heavy (non-hydrogen) atoms. The molecule has 4 aromatic heterocycles. The summed E-state index contributed by atoms with van der Waals surface area (Å²) < 4.78 is 8.78. The van der Waals surface area contributed by atoms with E-state index in [-0.39, 0.29) is 5.56 Å². The molecule has 0 radical (unpaired) electrons. The third-order valence-electron chi connectivity index (χ3n) is 6.20. The van der Waals surface area contributed by atoms with Gasteiger partial charge in [-0.3, -0.25) is 14.3 Å². The number of aromatic nitrogens is 9. The number of ether oxygens (including phenoxy) is 1. The van der Waals surface area contributed by atoms with Gasteiger partial charge in [0.1, 0.15) is 18.0 Å². The number of para-hydroxylation sites is 1. The molecule has 0 bridgehead atoms. The fraction of sp³-hybridized carbons (Fsp3) is 0.286. The monoisotopic (exact) mass is 523 g/mol. The quantitative estimate of drug-likeness (QED) is 0.256. The molecular formula is C28H29N9O2. The molecule has 4 heterocycles. The third kappa shape index (κ3) is 6.03. The summed E-state index contributed by atoms with van der Waals surface area (Å²) in [4.78, 5) is 31.9. The summed E-state index contributed by atoms with van der Waals surface area (Å²) >= 11 is 0. The second kappa shape index (κ2) is 12.2. The first-order chi connectivity index (χ1) is 19.2. The molecule has 0 unspecified atom stereocenters. The lowest BCUT2D eigenvalue weighted by atomic mass is 10.1. The lowest BCUT2D eigenvalue weighted by Gasteiger charge is -2.14. The van der Waals surface area contributed by atoms with Gasteiger partial charge in [0, 0.05) is 36.0 Å². The van der Waals surface area contributed by atoms with Crippen LogP contribution in [0.3, 0.4) is 0 Å². The Morgan fingerprint density at radius 1 is 0.923 bits per heavy atom. The van der Waals surface area contributed by atoms with E-state index in [1.54, 1.807) is 34.2 Å². The van der Waals surface area contributed by atoms with Gasteiger partial charge in [-0.1, -0.05) is 37.6 Å². The molecule has 5 rings (SSSR count). The predicted molar refractivity (Wildman–Crippen MR) is 145 cm³/mol. The van der Waals surface area contributed by atoms with Crippen LogP contribution in [0, 0.1) is 0 Å². The molecule has 0 saturated carbocycles. The van der Waals surface area contributed by atoms with Gasteiger partial charge >= 0.3 is 0 Å². The number of tetrazole rings is 1.